The number of nitrogens with zero attached hydrogens (tertiary/aromatic N) is 2. The van der Waals surface area contributed by atoms with Crippen molar-refractivity contribution in [3.63, 3.8) is 0 Å². The molecule has 2 saturated heterocycles. The van der Waals surface area contributed by atoms with Crippen molar-refractivity contribution in [1.29, 1.82) is 0 Å². The predicted octanol–water partition coefficient (Wildman–Crippen LogP) is 4.39. The average Bonchev–Trinajstić information content (AvgIpc) is 2.96. The van der Waals surface area contributed by atoms with E-state index in [0.29, 0.717) is 25.9 Å². The van der Waals surface area contributed by atoms with Crippen LogP contribution in [0.15, 0.2) is 59.5 Å². The topological polar surface area (TPSA) is 132 Å². The van der Waals surface area contributed by atoms with Crippen LogP contribution in [0.4, 0.5) is 9.59 Å². The Bertz CT molecular complexity index is 1370. The van der Waals surface area contributed by atoms with Gasteiger partial charge in [0.1, 0.15) is 18.2 Å². The fraction of sp³-hybridized carbons (Fsp3) is 0.516. The monoisotopic (exact) mass is 615 g/mol. The molecule has 0 spiro atoms. The van der Waals surface area contributed by atoms with Crippen LogP contribution >= 0.6 is 0 Å². The van der Waals surface area contributed by atoms with E-state index in [1.165, 1.54) is 17.0 Å². The molecule has 12 heteroatoms. The first-order valence-corrected chi connectivity index (χ1v) is 16.0. The van der Waals surface area contributed by atoms with E-state index < -0.39 is 40.1 Å². The van der Waals surface area contributed by atoms with Crippen molar-refractivity contribution in [2.45, 2.75) is 88.7 Å². The third-order valence-electron chi connectivity index (χ3n) is 7.35. The Morgan fingerprint density at radius 3 is 2.19 bits per heavy atom. The highest BCUT2D eigenvalue weighted by Gasteiger charge is 2.41. The Morgan fingerprint density at radius 2 is 1.56 bits per heavy atom. The summed E-state index contributed by atoms with van der Waals surface area (Å²) >= 11 is 0. The summed E-state index contributed by atoms with van der Waals surface area (Å²) in [7, 11) is -4.08. The molecule has 4 rings (SSSR count). The summed E-state index contributed by atoms with van der Waals surface area (Å²) in [5, 5.41) is 3.02. The van der Waals surface area contributed by atoms with E-state index in [9.17, 15) is 22.8 Å². The molecule has 0 radical (unpaired) electrons. The minimum absolute atomic E-state index is 0.0251. The highest BCUT2D eigenvalue weighted by molar-refractivity contribution is 7.86. The van der Waals surface area contributed by atoms with Gasteiger partial charge < -0.3 is 19.7 Å². The van der Waals surface area contributed by atoms with Crippen LogP contribution in [0.5, 0.6) is 0 Å². The van der Waals surface area contributed by atoms with E-state index in [4.69, 9.17) is 13.7 Å². The Balaban J connectivity index is 1.34. The first-order valence-electron chi connectivity index (χ1n) is 14.6. The summed E-state index contributed by atoms with van der Waals surface area (Å²) in [6.45, 7) is 7.93. The van der Waals surface area contributed by atoms with Gasteiger partial charge >= 0.3 is 12.2 Å². The Hall–Kier alpha value is -3.64. The molecule has 3 amide bonds. The van der Waals surface area contributed by atoms with Gasteiger partial charge in [-0.25, -0.2) is 9.59 Å². The van der Waals surface area contributed by atoms with E-state index in [1.54, 1.807) is 37.8 Å². The molecule has 2 fully saturated rings. The zero-order valence-corrected chi connectivity index (χ0v) is 26.0. The lowest BCUT2D eigenvalue weighted by molar-refractivity contribution is -0.129. The summed E-state index contributed by atoms with van der Waals surface area (Å²) in [5.74, 6) is -0.351. The maximum Gasteiger partial charge on any atom is 0.411 e. The van der Waals surface area contributed by atoms with Gasteiger partial charge in [-0.1, -0.05) is 48.0 Å². The minimum atomic E-state index is -4.08. The van der Waals surface area contributed by atoms with Gasteiger partial charge in [0.05, 0.1) is 17.5 Å². The molecular weight excluding hydrogens is 574 g/mol. The Kier molecular flexibility index (Phi) is 10.3. The Morgan fingerprint density at radius 1 is 0.907 bits per heavy atom. The van der Waals surface area contributed by atoms with Crippen molar-refractivity contribution in [2.75, 3.05) is 19.6 Å². The summed E-state index contributed by atoms with van der Waals surface area (Å²) in [6.07, 6.45) is -0.434. The van der Waals surface area contributed by atoms with Gasteiger partial charge in [-0.2, -0.15) is 8.42 Å². The number of likely N-dealkylation sites (tertiary alicyclic amines) is 2. The van der Waals surface area contributed by atoms with Crippen molar-refractivity contribution in [2.24, 2.45) is 0 Å². The SMILES string of the molecule is Cc1ccc(S(=O)(=O)O[C@H]2CC[C@@H](C(=O)NC3CCN(C(=O)OCc4ccccc4)CC3)N(C(=O)OC(C)(C)C)C2)cc1. The second kappa shape index (κ2) is 13.8. The van der Waals surface area contributed by atoms with Crippen molar-refractivity contribution < 1.29 is 36.5 Å². The molecule has 2 aromatic rings. The quantitative estimate of drug-likeness (QED) is 0.454. The van der Waals surface area contributed by atoms with E-state index >= 15 is 0 Å². The first kappa shape index (κ1) is 32.3. The van der Waals surface area contributed by atoms with Crippen LogP contribution in [0, 0.1) is 6.92 Å². The summed E-state index contributed by atoms with van der Waals surface area (Å²) in [5.41, 5.74) is 0.998. The zero-order chi connectivity index (χ0) is 31.2. The lowest BCUT2D eigenvalue weighted by atomic mass is 9.98. The van der Waals surface area contributed by atoms with Gasteiger partial charge in [0.25, 0.3) is 10.1 Å². The number of hydrogen-bond donors (Lipinski definition) is 1. The van der Waals surface area contributed by atoms with Crippen LogP contribution in [0.1, 0.15) is 57.6 Å². The second-order valence-electron chi connectivity index (χ2n) is 12.0. The first-order chi connectivity index (χ1) is 20.3. The molecule has 1 N–H and O–H groups in total. The number of hydrogen-bond acceptors (Lipinski definition) is 8. The number of carbonyl (C=O) groups is 3. The molecule has 0 saturated carbocycles. The molecule has 43 heavy (non-hydrogen) atoms. The number of aryl methyl sites for hydroxylation is 1. The normalized spacial score (nSPS) is 19.9. The number of ether oxygens (including phenoxy) is 2. The fourth-order valence-electron chi connectivity index (χ4n) is 5.07. The maximum absolute atomic E-state index is 13.4. The average molecular weight is 616 g/mol. The van der Waals surface area contributed by atoms with Crippen LogP contribution in [0.25, 0.3) is 0 Å². The molecule has 2 atom stereocenters. The zero-order valence-electron chi connectivity index (χ0n) is 25.2. The molecule has 2 aromatic carbocycles. The molecular formula is C31H41N3O8S. The highest BCUT2D eigenvalue weighted by Crippen LogP contribution is 2.26. The summed E-state index contributed by atoms with van der Waals surface area (Å²) in [6, 6.07) is 14.7. The van der Waals surface area contributed by atoms with Crippen LogP contribution < -0.4 is 5.32 Å². The van der Waals surface area contributed by atoms with Crippen LogP contribution in [0.3, 0.4) is 0 Å². The van der Waals surface area contributed by atoms with Gasteiger partial charge in [-0.05, 0) is 71.1 Å². The molecule has 2 aliphatic heterocycles. The number of nitrogens with one attached hydrogen (secondary N) is 1. The van der Waals surface area contributed by atoms with Gasteiger partial charge in [0.2, 0.25) is 5.91 Å². The van der Waals surface area contributed by atoms with Crippen molar-refractivity contribution >= 4 is 28.2 Å². The minimum Gasteiger partial charge on any atom is -0.445 e. The maximum atomic E-state index is 13.4. The van der Waals surface area contributed by atoms with Gasteiger partial charge in [0, 0.05) is 19.1 Å². The molecule has 0 unspecified atom stereocenters. The number of carbonyl (C=O) groups excluding carboxylic acids is 3. The van der Waals surface area contributed by atoms with Crippen LogP contribution in [-0.2, 0) is 35.2 Å². The van der Waals surface area contributed by atoms with Gasteiger partial charge in [-0.15, -0.1) is 0 Å². The standard InChI is InChI=1S/C31H41N3O8S/c1-22-10-13-26(14-11-22)43(38,39)42-25-12-15-27(34(20-25)30(37)41-31(2,3)4)28(35)32-24-16-18-33(19-17-24)29(36)40-21-23-8-6-5-7-9-23/h5-11,13-14,24-25,27H,12,15-21H2,1-4H3,(H,32,35)/t25-,27-/m0/s1. The number of rotatable bonds is 7. The largest absolute Gasteiger partial charge is 0.445 e. The predicted molar refractivity (Wildman–Crippen MR) is 159 cm³/mol. The van der Waals surface area contributed by atoms with Gasteiger partial charge in [0.15, 0.2) is 0 Å². The molecule has 0 aliphatic carbocycles. The number of benzene rings is 2. The molecule has 234 valence electrons. The van der Waals surface area contributed by atoms with Gasteiger partial charge in [-0.3, -0.25) is 13.9 Å². The smallest absolute Gasteiger partial charge is 0.411 e. The van der Waals surface area contributed by atoms with Crippen LogP contribution in [-0.4, -0.2) is 79.7 Å². The number of piperidine rings is 2. The van der Waals surface area contributed by atoms with Crippen molar-refractivity contribution in [3.8, 4) is 0 Å². The third kappa shape index (κ3) is 9.17. The molecule has 2 heterocycles. The fourth-order valence-corrected chi connectivity index (χ4v) is 6.16. The molecule has 2 aliphatic rings. The highest BCUT2D eigenvalue weighted by atomic mass is 32.2. The molecule has 11 nitrogen and oxygen atoms in total. The van der Waals surface area contributed by atoms with E-state index in [0.717, 1.165) is 11.1 Å². The summed E-state index contributed by atoms with van der Waals surface area (Å²) < 4.78 is 42.3. The third-order valence-corrected chi connectivity index (χ3v) is 8.72. The number of amides is 3. The molecule has 0 bridgehead atoms. The van der Waals surface area contributed by atoms with E-state index in [2.05, 4.69) is 5.32 Å². The lowest BCUT2D eigenvalue weighted by Gasteiger charge is -2.40. The Labute approximate surface area is 253 Å². The van der Waals surface area contributed by atoms with Crippen LogP contribution in [0.2, 0.25) is 0 Å². The summed E-state index contributed by atoms with van der Waals surface area (Å²) in [4.78, 5) is 42.0. The van der Waals surface area contributed by atoms with E-state index in [-0.39, 0.29) is 42.8 Å². The lowest BCUT2D eigenvalue weighted by Crippen LogP contribution is -2.58. The second-order valence-corrected chi connectivity index (χ2v) is 13.6. The van der Waals surface area contributed by atoms with Crippen molar-refractivity contribution in [1.82, 2.24) is 15.1 Å². The van der Waals surface area contributed by atoms with E-state index in [1.807, 2.05) is 37.3 Å². The molecule has 0 aromatic heterocycles. The van der Waals surface area contributed by atoms with Crippen molar-refractivity contribution in [3.05, 3.63) is 65.7 Å².